The average molecular weight is 434 g/mol. The maximum atomic E-state index is 9.33. The molecule has 0 amide bonds. The largest absolute Gasteiger partial charge is 0.397 e. The predicted molar refractivity (Wildman–Crippen MR) is 125 cm³/mol. The highest BCUT2D eigenvalue weighted by Gasteiger charge is 2.16. The third-order valence-corrected chi connectivity index (χ3v) is 5.15. The Morgan fingerprint density at radius 3 is 1.69 bits per heavy atom. The number of rotatable bonds is 13. The van der Waals surface area contributed by atoms with E-state index in [4.69, 9.17) is 4.55 Å². The van der Waals surface area contributed by atoms with Crippen LogP contribution in [0.4, 0.5) is 5.69 Å². The summed E-state index contributed by atoms with van der Waals surface area (Å²) in [6, 6.07) is 8.95. The van der Waals surface area contributed by atoms with Crippen molar-refractivity contribution < 1.29 is 17.2 Å². The summed E-state index contributed by atoms with van der Waals surface area (Å²) in [6.45, 7) is 2.29. The maximum absolute atomic E-state index is 9.33. The van der Waals surface area contributed by atoms with Gasteiger partial charge in [0.25, 0.3) is 0 Å². The Morgan fingerprint density at radius 1 is 0.862 bits per heavy atom. The van der Waals surface area contributed by atoms with Crippen LogP contribution in [0.25, 0.3) is 0 Å². The molecule has 0 aromatic heterocycles. The average Bonchev–Trinajstić information content (AvgIpc) is 2.63. The summed E-state index contributed by atoms with van der Waals surface area (Å²) in [5.41, 5.74) is 3.01. The van der Waals surface area contributed by atoms with Crippen LogP contribution in [-0.2, 0) is 21.0 Å². The van der Waals surface area contributed by atoms with E-state index in [0.29, 0.717) is 0 Å². The van der Waals surface area contributed by atoms with Gasteiger partial charge < -0.3 is 6.15 Å². The van der Waals surface area contributed by atoms with E-state index in [2.05, 4.69) is 56.5 Å². The Bertz CT molecular complexity index is 613. The number of unbranched alkanes of at least 4 members (excludes halogenated alkanes) is 9. The zero-order valence-electron chi connectivity index (χ0n) is 19.3. The number of hydrogen-bond donors (Lipinski definition) is 2. The molecule has 0 fully saturated rings. The molecule has 0 aliphatic rings. The Labute approximate surface area is 179 Å². The first kappa shape index (κ1) is 30.2. The molecule has 0 atom stereocenters. The molecule has 172 valence electrons. The van der Waals surface area contributed by atoms with Crippen LogP contribution < -0.4 is 10.6 Å². The van der Waals surface area contributed by atoms with Gasteiger partial charge in [0.05, 0.1) is 28.3 Å². The number of nitrogens with zero attached hydrogens (tertiary/aromatic N) is 1. The van der Waals surface area contributed by atoms with Gasteiger partial charge in [-0.15, -0.1) is 0 Å². The Balaban J connectivity index is 0. The summed E-state index contributed by atoms with van der Waals surface area (Å²) in [5.74, 6) is 0. The number of quaternary nitrogens is 1. The van der Waals surface area contributed by atoms with Crippen LogP contribution in [0, 0.1) is 0 Å². The summed E-state index contributed by atoms with van der Waals surface area (Å²) in [6.07, 6.45) is 15.4. The van der Waals surface area contributed by atoms with Gasteiger partial charge in [-0.2, -0.15) is 8.42 Å². The van der Waals surface area contributed by atoms with E-state index in [1.165, 1.54) is 81.9 Å². The smallest absolute Gasteiger partial charge is 0.344 e. The normalized spacial score (nSPS) is 11.4. The van der Waals surface area contributed by atoms with Gasteiger partial charge in [-0.3, -0.25) is 13.2 Å². The van der Waals surface area contributed by atoms with Crippen molar-refractivity contribution in [3.8, 4) is 0 Å². The van der Waals surface area contributed by atoms with E-state index < -0.39 is 10.4 Å². The monoisotopic (exact) mass is 433 g/mol. The van der Waals surface area contributed by atoms with Crippen molar-refractivity contribution in [3.63, 3.8) is 0 Å². The molecule has 0 radical (unpaired) electrons. The summed E-state index contributed by atoms with van der Waals surface area (Å²) in [4.78, 5) is 0. The summed E-state index contributed by atoms with van der Waals surface area (Å²) >= 11 is 0. The molecule has 4 N–H and O–H groups in total. The van der Waals surface area contributed by atoms with Gasteiger partial charge in [-0.25, -0.2) is 0 Å². The lowest BCUT2D eigenvalue weighted by atomic mass is 10.0. The second-order valence-corrected chi connectivity index (χ2v) is 9.36. The second kappa shape index (κ2) is 16.8. The predicted octanol–water partition coefficient (Wildman–Crippen LogP) is 5.94. The minimum absolute atomic E-state index is 0. The molecule has 0 bridgehead atoms. The van der Waals surface area contributed by atoms with Gasteiger partial charge in [-0.05, 0) is 18.9 Å². The van der Waals surface area contributed by atoms with Gasteiger partial charge >= 0.3 is 10.4 Å². The lowest BCUT2D eigenvalue weighted by molar-refractivity contribution is 0.324. The second-order valence-electron chi connectivity index (χ2n) is 8.17. The topological polar surface area (TPSA) is 98.6 Å². The van der Waals surface area contributed by atoms with Gasteiger partial charge in [0, 0.05) is 5.56 Å². The Kier molecular flexibility index (Phi) is 17.5. The van der Waals surface area contributed by atoms with Crippen molar-refractivity contribution in [2.45, 2.75) is 77.6 Å². The van der Waals surface area contributed by atoms with Crippen molar-refractivity contribution in [2.75, 3.05) is 28.3 Å². The zero-order valence-corrected chi connectivity index (χ0v) is 20.1. The first-order chi connectivity index (χ1) is 13.1. The van der Waals surface area contributed by atoms with E-state index in [9.17, 15) is 8.42 Å². The molecule has 0 heterocycles. The lowest BCUT2D eigenvalue weighted by Gasteiger charge is -2.26. The molecule has 6 nitrogen and oxygen atoms in total. The number of aryl methyl sites for hydroxylation is 1. The number of para-hydroxylation sites is 1. The van der Waals surface area contributed by atoms with Crippen molar-refractivity contribution in [3.05, 3.63) is 29.8 Å². The summed E-state index contributed by atoms with van der Waals surface area (Å²) in [7, 11) is 3.49. The third kappa shape index (κ3) is 17.6. The van der Waals surface area contributed by atoms with E-state index in [1.807, 2.05) is 0 Å². The molecule has 0 aliphatic carbocycles. The molecule has 0 spiro atoms. The number of benzene rings is 1. The maximum Gasteiger partial charge on any atom is 0.397 e. The van der Waals surface area contributed by atoms with E-state index in [-0.39, 0.29) is 6.15 Å². The molecule has 1 rings (SSSR count). The van der Waals surface area contributed by atoms with Crippen LogP contribution in [0.1, 0.15) is 76.7 Å². The Morgan fingerprint density at radius 2 is 1.28 bits per heavy atom. The minimum atomic E-state index is -4.16. The first-order valence-electron chi connectivity index (χ1n) is 10.5. The molecule has 0 saturated carbocycles. The molecule has 0 aliphatic heterocycles. The molecule has 0 saturated heterocycles. The quantitative estimate of drug-likeness (QED) is 0.228. The van der Waals surface area contributed by atoms with Gasteiger partial charge in [0.15, 0.2) is 0 Å². The fraction of sp³-hybridized carbons (Fsp3) is 0.727. The molecular weight excluding hydrogens is 388 g/mol. The van der Waals surface area contributed by atoms with Crippen LogP contribution in [0.3, 0.4) is 0 Å². The zero-order chi connectivity index (χ0) is 21.5. The van der Waals surface area contributed by atoms with Gasteiger partial charge in [0.1, 0.15) is 5.69 Å². The lowest BCUT2D eigenvalue weighted by Crippen LogP contribution is -2.35. The third-order valence-electron chi connectivity index (χ3n) is 4.72. The SMILES string of the molecule is CCCCCCCCCCCCc1ccccc1[N+](C)(C)C.COS(=O)(=O)O.N. The van der Waals surface area contributed by atoms with Crippen LogP contribution >= 0.6 is 0 Å². The van der Waals surface area contributed by atoms with Crippen molar-refractivity contribution >= 4 is 16.1 Å². The standard InChI is InChI=1S/C21H38N.CH4O4S.H3N/c1-5-6-7-8-9-10-11-12-13-14-17-20-18-15-16-19-21(20)22(2,3)4;1-5-6(2,3)4;/h15-16,18-19H,5-14,17H2,1-4H3;1H3,(H,2,3,4);1H3/q+1;;. The summed E-state index contributed by atoms with van der Waals surface area (Å²) in [5, 5.41) is 0. The molecular formula is C22H45N2O4S+. The first-order valence-corrected chi connectivity index (χ1v) is 11.9. The van der Waals surface area contributed by atoms with E-state index >= 15 is 0 Å². The van der Waals surface area contributed by atoms with Crippen molar-refractivity contribution in [2.24, 2.45) is 0 Å². The van der Waals surface area contributed by atoms with E-state index in [0.717, 1.165) is 11.6 Å². The molecule has 29 heavy (non-hydrogen) atoms. The highest BCUT2D eigenvalue weighted by atomic mass is 32.3. The molecule has 7 heteroatoms. The van der Waals surface area contributed by atoms with Gasteiger partial charge in [0.2, 0.25) is 0 Å². The fourth-order valence-corrected chi connectivity index (χ4v) is 3.18. The van der Waals surface area contributed by atoms with Crippen molar-refractivity contribution in [1.82, 2.24) is 10.6 Å². The highest BCUT2D eigenvalue weighted by molar-refractivity contribution is 7.80. The number of hydrogen-bond acceptors (Lipinski definition) is 4. The fourth-order valence-electron chi connectivity index (χ4n) is 3.18. The highest BCUT2D eigenvalue weighted by Crippen LogP contribution is 2.24. The molecule has 1 aromatic rings. The Hall–Kier alpha value is -0.990. The minimum Gasteiger partial charge on any atom is -0.344 e. The van der Waals surface area contributed by atoms with Crippen LogP contribution in [0.15, 0.2) is 24.3 Å². The van der Waals surface area contributed by atoms with Crippen LogP contribution in [0.5, 0.6) is 0 Å². The van der Waals surface area contributed by atoms with Crippen LogP contribution in [-0.4, -0.2) is 41.2 Å². The molecule has 1 aromatic carbocycles. The summed E-state index contributed by atoms with van der Waals surface area (Å²) < 4.78 is 30.6. The molecule has 0 unspecified atom stereocenters. The van der Waals surface area contributed by atoms with Gasteiger partial charge in [-0.1, -0.05) is 82.9 Å². The van der Waals surface area contributed by atoms with Crippen molar-refractivity contribution in [1.29, 1.82) is 0 Å². The van der Waals surface area contributed by atoms with E-state index in [1.54, 1.807) is 0 Å². The van der Waals surface area contributed by atoms with Crippen LogP contribution in [0.2, 0.25) is 0 Å².